The third-order valence-corrected chi connectivity index (χ3v) is 4.94. The summed E-state index contributed by atoms with van der Waals surface area (Å²) in [4.78, 5) is 14.9. The van der Waals surface area contributed by atoms with Gasteiger partial charge in [0.2, 0.25) is 5.91 Å². The number of halogens is 1. The van der Waals surface area contributed by atoms with Gasteiger partial charge in [0.15, 0.2) is 11.6 Å². The number of carbonyl (C=O) groups is 1. The van der Waals surface area contributed by atoms with Crippen molar-refractivity contribution in [1.82, 2.24) is 10.2 Å². The summed E-state index contributed by atoms with van der Waals surface area (Å²) >= 11 is 0. The average molecular weight is 386 g/mol. The molecule has 3 rings (SSSR count). The van der Waals surface area contributed by atoms with Crippen LogP contribution in [0.2, 0.25) is 0 Å². The van der Waals surface area contributed by atoms with Crippen LogP contribution < -0.4 is 10.1 Å². The third kappa shape index (κ3) is 5.78. The van der Waals surface area contributed by atoms with E-state index >= 15 is 0 Å². The molecular formula is C22H27FN2O3. The SMILES string of the molecule is COc1ccc(CCC(=O)NC(CN2CCOCC2)c2ccccc2)cc1F. The summed E-state index contributed by atoms with van der Waals surface area (Å²) in [6, 6.07) is 14.7. The van der Waals surface area contributed by atoms with Crippen molar-refractivity contribution >= 4 is 5.91 Å². The van der Waals surface area contributed by atoms with Gasteiger partial charge in [-0.15, -0.1) is 0 Å². The van der Waals surface area contributed by atoms with Gasteiger partial charge in [0.1, 0.15) is 0 Å². The van der Waals surface area contributed by atoms with Gasteiger partial charge in [-0.1, -0.05) is 36.4 Å². The van der Waals surface area contributed by atoms with Crippen LogP contribution in [-0.2, 0) is 16.0 Å². The topological polar surface area (TPSA) is 50.8 Å². The molecule has 2 aromatic rings. The van der Waals surface area contributed by atoms with E-state index in [-0.39, 0.29) is 17.7 Å². The molecule has 0 spiro atoms. The standard InChI is InChI=1S/C22H27FN2O3/c1-27-21-9-7-17(15-19(21)23)8-10-22(26)24-20(18-5-3-2-4-6-18)16-25-11-13-28-14-12-25/h2-7,9,15,20H,8,10-14,16H2,1H3,(H,24,26). The molecule has 150 valence electrons. The van der Waals surface area contributed by atoms with Gasteiger partial charge in [-0.05, 0) is 29.7 Å². The molecule has 0 bridgehead atoms. The Kier molecular flexibility index (Phi) is 7.39. The van der Waals surface area contributed by atoms with Gasteiger partial charge in [0.25, 0.3) is 0 Å². The highest BCUT2D eigenvalue weighted by Gasteiger charge is 2.20. The van der Waals surface area contributed by atoms with Crippen LogP contribution in [0.15, 0.2) is 48.5 Å². The lowest BCUT2D eigenvalue weighted by Gasteiger charge is -2.31. The predicted molar refractivity (Wildman–Crippen MR) is 106 cm³/mol. The second-order valence-electron chi connectivity index (χ2n) is 6.91. The number of rotatable bonds is 8. The van der Waals surface area contributed by atoms with Crippen molar-refractivity contribution in [2.75, 3.05) is 40.0 Å². The van der Waals surface area contributed by atoms with Gasteiger partial charge in [-0.3, -0.25) is 9.69 Å². The molecule has 1 atom stereocenters. The fourth-order valence-electron chi connectivity index (χ4n) is 3.35. The maximum absolute atomic E-state index is 13.8. The number of benzene rings is 2. The third-order valence-electron chi connectivity index (χ3n) is 4.94. The molecule has 0 aliphatic carbocycles. The highest BCUT2D eigenvalue weighted by molar-refractivity contribution is 5.76. The molecule has 6 heteroatoms. The van der Waals surface area contributed by atoms with Crippen LogP contribution >= 0.6 is 0 Å². The number of carbonyl (C=O) groups excluding carboxylic acids is 1. The van der Waals surface area contributed by atoms with E-state index in [0.717, 1.165) is 44.0 Å². The van der Waals surface area contributed by atoms with Crippen molar-refractivity contribution < 1.29 is 18.7 Å². The Hall–Kier alpha value is -2.44. The Labute approximate surface area is 165 Å². The first-order valence-electron chi connectivity index (χ1n) is 9.62. The van der Waals surface area contributed by atoms with Crippen molar-refractivity contribution in [2.45, 2.75) is 18.9 Å². The maximum atomic E-state index is 13.8. The van der Waals surface area contributed by atoms with E-state index in [4.69, 9.17) is 9.47 Å². The van der Waals surface area contributed by atoms with Gasteiger partial charge in [-0.2, -0.15) is 0 Å². The Morgan fingerprint density at radius 3 is 2.64 bits per heavy atom. The van der Waals surface area contributed by atoms with Gasteiger partial charge in [-0.25, -0.2) is 4.39 Å². The minimum atomic E-state index is -0.408. The molecule has 28 heavy (non-hydrogen) atoms. The quantitative estimate of drug-likeness (QED) is 0.758. The van der Waals surface area contributed by atoms with Gasteiger partial charge >= 0.3 is 0 Å². The highest BCUT2D eigenvalue weighted by atomic mass is 19.1. The smallest absolute Gasteiger partial charge is 0.220 e. The van der Waals surface area contributed by atoms with Gasteiger partial charge < -0.3 is 14.8 Å². The van der Waals surface area contributed by atoms with Crippen molar-refractivity contribution in [1.29, 1.82) is 0 Å². The zero-order valence-corrected chi connectivity index (χ0v) is 16.2. The number of nitrogens with one attached hydrogen (secondary N) is 1. The Bertz CT molecular complexity index is 764. The Morgan fingerprint density at radius 2 is 1.96 bits per heavy atom. The number of methoxy groups -OCH3 is 1. The summed E-state index contributed by atoms with van der Waals surface area (Å²) in [6.07, 6.45) is 0.782. The lowest BCUT2D eigenvalue weighted by molar-refractivity contribution is -0.122. The van der Waals surface area contributed by atoms with Crippen molar-refractivity contribution in [3.05, 3.63) is 65.5 Å². The molecule has 1 unspecified atom stereocenters. The number of nitrogens with zero attached hydrogens (tertiary/aromatic N) is 1. The average Bonchev–Trinajstić information content (AvgIpc) is 2.73. The first-order valence-corrected chi connectivity index (χ1v) is 9.62. The molecule has 1 saturated heterocycles. The summed E-state index contributed by atoms with van der Waals surface area (Å²) in [5, 5.41) is 3.15. The number of aryl methyl sites for hydroxylation is 1. The van der Waals surface area contributed by atoms with Crippen LogP contribution in [0.25, 0.3) is 0 Å². The van der Waals surface area contributed by atoms with Gasteiger partial charge in [0.05, 0.1) is 26.4 Å². The molecule has 0 aromatic heterocycles. The molecule has 5 nitrogen and oxygen atoms in total. The van der Waals surface area contributed by atoms with Crippen LogP contribution in [0.1, 0.15) is 23.6 Å². The maximum Gasteiger partial charge on any atom is 0.220 e. The van der Waals surface area contributed by atoms with Crippen LogP contribution in [0.5, 0.6) is 5.75 Å². The zero-order valence-electron chi connectivity index (χ0n) is 16.2. The number of hydrogen-bond acceptors (Lipinski definition) is 4. The lowest BCUT2D eigenvalue weighted by atomic mass is 10.0. The van der Waals surface area contributed by atoms with Crippen molar-refractivity contribution in [2.24, 2.45) is 0 Å². The molecule has 1 amide bonds. The number of amides is 1. The molecule has 1 heterocycles. The molecule has 1 fully saturated rings. The van der Waals surface area contributed by atoms with Crippen LogP contribution in [0.3, 0.4) is 0 Å². The molecule has 0 saturated carbocycles. The fraction of sp³-hybridized carbons (Fsp3) is 0.409. The monoisotopic (exact) mass is 386 g/mol. The van der Waals surface area contributed by atoms with Crippen LogP contribution in [-0.4, -0.2) is 50.8 Å². The Balaban J connectivity index is 1.59. The predicted octanol–water partition coefficient (Wildman–Crippen LogP) is 2.96. The number of morpholine rings is 1. The van der Waals surface area contributed by atoms with E-state index in [9.17, 15) is 9.18 Å². The van der Waals surface area contributed by atoms with E-state index in [0.29, 0.717) is 12.8 Å². The first-order chi connectivity index (χ1) is 13.7. The van der Waals surface area contributed by atoms with E-state index in [1.807, 2.05) is 30.3 Å². The van der Waals surface area contributed by atoms with Gasteiger partial charge in [0, 0.05) is 26.1 Å². The van der Waals surface area contributed by atoms with Crippen LogP contribution in [0.4, 0.5) is 4.39 Å². The summed E-state index contributed by atoms with van der Waals surface area (Å²) in [7, 11) is 1.43. The lowest BCUT2D eigenvalue weighted by Crippen LogP contribution is -2.43. The zero-order chi connectivity index (χ0) is 19.8. The summed E-state index contributed by atoms with van der Waals surface area (Å²) in [5.74, 6) is -0.240. The first kappa shape index (κ1) is 20.3. The van der Waals surface area contributed by atoms with Crippen LogP contribution in [0, 0.1) is 5.82 Å². The number of ether oxygens (including phenoxy) is 2. The minimum absolute atomic E-state index is 0.0432. The largest absolute Gasteiger partial charge is 0.494 e. The molecular weight excluding hydrogens is 359 g/mol. The second-order valence-corrected chi connectivity index (χ2v) is 6.91. The van der Waals surface area contributed by atoms with E-state index in [1.165, 1.54) is 13.2 Å². The minimum Gasteiger partial charge on any atom is -0.494 e. The molecule has 2 aromatic carbocycles. The van der Waals surface area contributed by atoms with Crippen molar-refractivity contribution in [3.8, 4) is 5.75 Å². The summed E-state index contributed by atoms with van der Waals surface area (Å²) in [5.41, 5.74) is 1.86. The molecule has 1 aliphatic heterocycles. The van der Waals surface area contributed by atoms with E-state index in [1.54, 1.807) is 12.1 Å². The fourth-order valence-corrected chi connectivity index (χ4v) is 3.35. The molecule has 0 radical (unpaired) electrons. The normalized spacial score (nSPS) is 15.8. The highest BCUT2D eigenvalue weighted by Crippen LogP contribution is 2.19. The Morgan fingerprint density at radius 1 is 1.21 bits per heavy atom. The molecule has 1 N–H and O–H groups in total. The van der Waals surface area contributed by atoms with E-state index in [2.05, 4.69) is 10.2 Å². The summed E-state index contributed by atoms with van der Waals surface area (Å²) in [6.45, 7) is 3.92. The van der Waals surface area contributed by atoms with E-state index < -0.39 is 5.82 Å². The second kappa shape index (κ2) is 10.2. The van der Waals surface area contributed by atoms with Crippen molar-refractivity contribution in [3.63, 3.8) is 0 Å². The molecule has 1 aliphatic rings. The number of hydrogen-bond donors (Lipinski definition) is 1. The summed E-state index contributed by atoms with van der Waals surface area (Å²) < 4.78 is 24.2.